The van der Waals surface area contributed by atoms with Crippen molar-refractivity contribution in [3.05, 3.63) is 22.2 Å². The highest BCUT2D eigenvalue weighted by molar-refractivity contribution is 9.10. The zero-order valence-electron chi connectivity index (χ0n) is 11.4. The molecule has 19 heavy (non-hydrogen) atoms. The van der Waals surface area contributed by atoms with Crippen molar-refractivity contribution in [3.8, 4) is 11.5 Å². The molecule has 1 rings (SSSR count). The molecule has 0 aliphatic carbocycles. The molecule has 0 saturated carbocycles. The van der Waals surface area contributed by atoms with Crippen molar-refractivity contribution >= 4 is 15.9 Å². The fourth-order valence-electron chi connectivity index (χ4n) is 1.94. The van der Waals surface area contributed by atoms with E-state index in [9.17, 15) is 5.11 Å². The van der Waals surface area contributed by atoms with Gasteiger partial charge in [0.05, 0.1) is 11.6 Å². The third-order valence-electron chi connectivity index (χ3n) is 3.18. The van der Waals surface area contributed by atoms with Gasteiger partial charge in [0, 0.05) is 13.2 Å². The summed E-state index contributed by atoms with van der Waals surface area (Å²) >= 11 is 3.31. The summed E-state index contributed by atoms with van der Waals surface area (Å²) in [6, 6.07) is 3.69. The summed E-state index contributed by atoms with van der Waals surface area (Å²) in [7, 11) is 1.53. The van der Waals surface area contributed by atoms with E-state index in [0.717, 1.165) is 24.9 Å². The number of methoxy groups -OCH3 is 1. The second-order valence-electron chi connectivity index (χ2n) is 4.55. The smallest absolute Gasteiger partial charge is 0.172 e. The number of nitrogens with one attached hydrogen (secondary N) is 1. The van der Waals surface area contributed by atoms with E-state index in [1.54, 1.807) is 0 Å². The summed E-state index contributed by atoms with van der Waals surface area (Å²) in [6.07, 6.45) is 1.88. The lowest BCUT2D eigenvalue weighted by molar-refractivity contribution is 0.251. The van der Waals surface area contributed by atoms with Gasteiger partial charge >= 0.3 is 0 Å². The quantitative estimate of drug-likeness (QED) is 0.685. The van der Waals surface area contributed by atoms with E-state index < -0.39 is 0 Å². The van der Waals surface area contributed by atoms with E-state index in [-0.39, 0.29) is 12.4 Å². The topological polar surface area (TPSA) is 61.7 Å². The van der Waals surface area contributed by atoms with Crippen LogP contribution in [0.4, 0.5) is 0 Å². The van der Waals surface area contributed by atoms with Crippen molar-refractivity contribution < 1.29 is 14.9 Å². The monoisotopic (exact) mass is 331 g/mol. The molecule has 0 fully saturated rings. The first-order valence-corrected chi connectivity index (χ1v) is 7.28. The highest BCUT2D eigenvalue weighted by Crippen LogP contribution is 2.35. The van der Waals surface area contributed by atoms with Gasteiger partial charge in [-0.25, -0.2) is 0 Å². The lowest BCUT2D eigenvalue weighted by Crippen LogP contribution is -2.22. The Kier molecular flexibility index (Phi) is 7.20. The number of hydrogen-bond acceptors (Lipinski definition) is 4. The van der Waals surface area contributed by atoms with Gasteiger partial charge in [-0.2, -0.15) is 0 Å². The Bertz CT molecular complexity index is 399. The van der Waals surface area contributed by atoms with E-state index >= 15 is 0 Å². The molecule has 0 heterocycles. The number of ether oxygens (including phenoxy) is 1. The van der Waals surface area contributed by atoms with Crippen molar-refractivity contribution in [1.29, 1.82) is 0 Å². The van der Waals surface area contributed by atoms with Crippen LogP contribution in [0.15, 0.2) is 16.6 Å². The van der Waals surface area contributed by atoms with E-state index in [1.165, 1.54) is 7.11 Å². The van der Waals surface area contributed by atoms with Crippen LogP contribution < -0.4 is 10.1 Å². The van der Waals surface area contributed by atoms with Gasteiger partial charge in [-0.3, -0.25) is 0 Å². The number of rotatable bonds is 8. The molecule has 1 aromatic rings. The van der Waals surface area contributed by atoms with E-state index in [0.29, 0.717) is 22.7 Å². The van der Waals surface area contributed by atoms with Crippen molar-refractivity contribution in [3.63, 3.8) is 0 Å². The predicted octanol–water partition coefficient (Wildman–Crippen LogP) is 2.66. The molecule has 0 radical (unpaired) electrons. The SMILES string of the molecule is CCC(CCO)CNCc1cc(Br)c(O)c(OC)c1. The van der Waals surface area contributed by atoms with Crippen LogP contribution >= 0.6 is 15.9 Å². The third-order valence-corrected chi connectivity index (χ3v) is 3.79. The van der Waals surface area contributed by atoms with Crippen LogP contribution in [0.2, 0.25) is 0 Å². The number of phenolic OH excluding ortho intramolecular Hbond substituents is 1. The molecular weight excluding hydrogens is 310 g/mol. The first-order valence-electron chi connectivity index (χ1n) is 6.49. The van der Waals surface area contributed by atoms with E-state index in [4.69, 9.17) is 9.84 Å². The maximum Gasteiger partial charge on any atom is 0.172 e. The van der Waals surface area contributed by atoms with Crippen LogP contribution in [0.1, 0.15) is 25.3 Å². The molecular formula is C14H22BrNO3. The summed E-state index contributed by atoms with van der Waals surface area (Å²) in [5.41, 5.74) is 1.04. The second kappa shape index (κ2) is 8.40. The molecule has 108 valence electrons. The molecule has 3 N–H and O–H groups in total. The van der Waals surface area contributed by atoms with Gasteiger partial charge in [0.25, 0.3) is 0 Å². The number of aromatic hydroxyl groups is 1. The summed E-state index contributed by atoms with van der Waals surface area (Å²) in [4.78, 5) is 0. The van der Waals surface area contributed by atoms with Crippen molar-refractivity contribution in [2.75, 3.05) is 20.3 Å². The Balaban J connectivity index is 2.56. The minimum absolute atomic E-state index is 0.123. The Hall–Kier alpha value is -0.780. The first kappa shape index (κ1) is 16.3. The minimum Gasteiger partial charge on any atom is -0.503 e. The van der Waals surface area contributed by atoms with E-state index in [2.05, 4.69) is 28.2 Å². The van der Waals surface area contributed by atoms with Gasteiger partial charge in [-0.15, -0.1) is 0 Å². The first-order chi connectivity index (χ1) is 9.12. The highest BCUT2D eigenvalue weighted by atomic mass is 79.9. The molecule has 1 atom stereocenters. The Labute approximate surface area is 122 Å². The number of aliphatic hydroxyl groups is 1. The number of aliphatic hydroxyl groups excluding tert-OH is 1. The molecule has 0 aliphatic heterocycles. The van der Waals surface area contributed by atoms with Crippen LogP contribution in [0.5, 0.6) is 11.5 Å². The van der Waals surface area contributed by atoms with Gasteiger partial charge < -0.3 is 20.3 Å². The number of halogens is 1. The standard InChI is InChI=1S/C14H22BrNO3/c1-3-10(4-5-17)8-16-9-11-6-12(15)14(18)13(7-11)19-2/h6-7,10,16-18H,3-5,8-9H2,1-2H3. The van der Waals surface area contributed by atoms with Gasteiger partial charge in [0.15, 0.2) is 11.5 Å². The van der Waals surface area contributed by atoms with Crippen molar-refractivity contribution in [2.24, 2.45) is 5.92 Å². The van der Waals surface area contributed by atoms with Crippen LogP contribution in [-0.2, 0) is 6.54 Å². The molecule has 1 unspecified atom stereocenters. The largest absolute Gasteiger partial charge is 0.503 e. The summed E-state index contributed by atoms with van der Waals surface area (Å²) in [6.45, 7) is 3.94. The highest BCUT2D eigenvalue weighted by Gasteiger charge is 2.09. The lowest BCUT2D eigenvalue weighted by atomic mass is 10.0. The maximum absolute atomic E-state index is 9.72. The minimum atomic E-state index is 0.123. The Morgan fingerprint density at radius 1 is 1.42 bits per heavy atom. The normalized spacial score (nSPS) is 12.4. The molecule has 5 heteroatoms. The third kappa shape index (κ3) is 5.01. The van der Waals surface area contributed by atoms with E-state index in [1.807, 2.05) is 12.1 Å². The average Bonchev–Trinajstić information content (AvgIpc) is 2.41. The van der Waals surface area contributed by atoms with Gasteiger partial charge in [-0.05, 0) is 52.5 Å². The lowest BCUT2D eigenvalue weighted by Gasteiger charge is -2.15. The van der Waals surface area contributed by atoms with Crippen LogP contribution in [0.3, 0.4) is 0 Å². The van der Waals surface area contributed by atoms with Crippen molar-refractivity contribution in [1.82, 2.24) is 5.32 Å². The van der Waals surface area contributed by atoms with Gasteiger partial charge in [0.1, 0.15) is 0 Å². The molecule has 0 aliphatic rings. The zero-order valence-corrected chi connectivity index (χ0v) is 13.0. The number of benzene rings is 1. The summed E-state index contributed by atoms with van der Waals surface area (Å²) < 4.78 is 5.74. The molecule has 0 saturated heterocycles. The molecule has 4 nitrogen and oxygen atoms in total. The summed E-state index contributed by atoms with van der Waals surface area (Å²) in [5.74, 6) is 1.08. The maximum atomic E-state index is 9.72. The van der Waals surface area contributed by atoms with Gasteiger partial charge in [0.2, 0.25) is 0 Å². The summed E-state index contributed by atoms with van der Waals surface area (Å²) in [5, 5.41) is 22.0. The Morgan fingerprint density at radius 3 is 2.74 bits per heavy atom. The molecule has 0 spiro atoms. The fourth-order valence-corrected chi connectivity index (χ4v) is 2.43. The van der Waals surface area contributed by atoms with Crippen molar-refractivity contribution in [2.45, 2.75) is 26.3 Å². The fraction of sp³-hybridized carbons (Fsp3) is 0.571. The van der Waals surface area contributed by atoms with Crippen LogP contribution in [-0.4, -0.2) is 30.5 Å². The van der Waals surface area contributed by atoms with Gasteiger partial charge in [-0.1, -0.05) is 13.3 Å². The molecule has 0 amide bonds. The predicted molar refractivity (Wildman–Crippen MR) is 79.5 cm³/mol. The number of hydrogen-bond donors (Lipinski definition) is 3. The Morgan fingerprint density at radius 2 is 2.16 bits per heavy atom. The second-order valence-corrected chi connectivity index (χ2v) is 5.40. The van der Waals surface area contributed by atoms with Crippen LogP contribution in [0, 0.1) is 5.92 Å². The average molecular weight is 332 g/mol. The van der Waals surface area contributed by atoms with Crippen LogP contribution in [0.25, 0.3) is 0 Å². The zero-order chi connectivity index (χ0) is 14.3. The molecule has 0 aromatic heterocycles. The molecule has 0 bridgehead atoms. The number of phenols is 1. The molecule has 1 aromatic carbocycles.